The molecule has 3 heteroatoms. The fourth-order valence-corrected chi connectivity index (χ4v) is 3.08. The standard InChI is InChI=1S/C22H28N2O/c1-16(2)19-10-8-18(9-11-19)14-24(20-12-13-20)15-22(25)23-21-7-5-4-6-17(21)3/h4-11,16,20H,12-15H2,1-3H3,(H,23,25). The molecule has 0 aromatic heterocycles. The highest BCUT2D eigenvalue weighted by atomic mass is 16.2. The minimum atomic E-state index is 0.0694. The van der Waals surface area contributed by atoms with Crippen LogP contribution in [-0.4, -0.2) is 23.4 Å². The predicted octanol–water partition coefficient (Wildman–Crippen LogP) is 4.72. The van der Waals surface area contributed by atoms with Crippen molar-refractivity contribution < 1.29 is 4.79 Å². The zero-order chi connectivity index (χ0) is 17.8. The Hall–Kier alpha value is -2.13. The maximum absolute atomic E-state index is 12.5. The van der Waals surface area contributed by atoms with Crippen LogP contribution in [0.1, 0.15) is 49.3 Å². The van der Waals surface area contributed by atoms with Gasteiger partial charge in [-0.2, -0.15) is 0 Å². The van der Waals surface area contributed by atoms with E-state index in [0.717, 1.165) is 17.8 Å². The zero-order valence-electron chi connectivity index (χ0n) is 15.5. The lowest BCUT2D eigenvalue weighted by Gasteiger charge is -2.22. The average Bonchev–Trinajstić information content (AvgIpc) is 3.42. The van der Waals surface area contributed by atoms with Gasteiger partial charge in [0.25, 0.3) is 0 Å². The van der Waals surface area contributed by atoms with Gasteiger partial charge in [-0.3, -0.25) is 9.69 Å². The van der Waals surface area contributed by atoms with Crippen LogP contribution in [0.15, 0.2) is 48.5 Å². The Morgan fingerprint density at radius 2 is 1.80 bits per heavy atom. The molecule has 0 spiro atoms. The van der Waals surface area contributed by atoms with Gasteiger partial charge >= 0.3 is 0 Å². The molecule has 132 valence electrons. The van der Waals surface area contributed by atoms with E-state index in [0.29, 0.717) is 18.5 Å². The van der Waals surface area contributed by atoms with E-state index in [2.05, 4.69) is 48.3 Å². The minimum Gasteiger partial charge on any atom is -0.325 e. The Balaban J connectivity index is 1.61. The van der Waals surface area contributed by atoms with Crippen LogP contribution in [0, 0.1) is 6.92 Å². The molecule has 3 rings (SSSR count). The molecule has 1 amide bonds. The SMILES string of the molecule is Cc1ccccc1NC(=O)CN(Cc1ccc(C(C)C)cc1)C1CC1. The van der Waals surface area contributed by atoms with Crippen LogP contribution in [0.25, 0.3) is 0 Å². The number of para-hydroxylation sites is 1. The summed E-state index contributed by atoms with van der Waals surface area (Å²) >= 11 is 0. The van der Waals surface area contributed by atoms with Crippen molar-refractivity contribution in [2.24, 2.45) is 0 Å². The third-order valence-corrected chi connectivity index (χ3v) is 4.86. The fraction of sp³-hybridized carbons (Fsp3) is 0.409. The van der Waals surface area contributed by atoms with Crippen LogP contribution in [0.3, 0.4) is 0 Å². The first-order valence-corrected chi connectivity index (χ1v) is 9.21. The van der Waals surface area contributed by atoms with Crippen molar-refractivity contribution in [3.8, 4) is 0 Å². The number of nitrogens with zero attached hydrogens (tertiary/aromatic N) is 1. The molecule has 0 aliphatic heterocycles. The molecule has 0 bridgehead atoms. The number of carbonyl (C=O) groups excluding carboxylic acids is 1. The number of aryl methyl sites for hydroxylation is 1. The first-order valence-electron chi connectivity index (χ1n) is 9.21. The lowest BCUT2D eigenvalue weighted by atomic mass is 10.0. The molecule has 0 heterocycles. The highest BCUT2D eigenvalue weighted by Gasteiger charge is 2.30. The third-order valence-electron chi connectivity index (χ3n) is 4.86. The van der Waals surface area contributed by atoms with Crippen LogP contribution < -0.4 is 5.32 Å². The van der Waals surface area contributed by atoms with Gasteiger partial charge in [0.15, 0.2) is 0 Å². The summed E-state index contributed by atoms with van der Waals surface area (Å²) in [5, 5.41) is 3.05. The summed E-state index contributed by atoms with van der Waals surface area (Å²) in [4.78, 5) is 14.8. The number of benzene rings is 2. The van der Waals surface area contributed by atoms with Gasteiger partial charge in [-0.15, -0.1) is 0 Å². The van der Waals surface area contributed by atoms with Crippen LogP contribution >= 0.6 is 0 Å². The lowest BCUT2D eigenvalue weighted by Crippen LogP contribution is -2.34. The van der Waals surface area contributed by atoms with Gasteiger partial charge < -0.3 is 5.32 Å². The Bertz CT molecular complexity index is 717. The number of anilines is 1. The smallest absolute Gasteiger partial charge is 0.238 e. The van der Waals surface area contributed by atoms with Crippen LogP contribution in [0.5, 0.6) is 0 Å². The summed E-state index contributed by atoms with van der Waals surface area (Å²) in [5.74, 6) is 0.619. The van der Waals surface area contributed by atoms with E-state index in [1.807, 2.05) is 31.2 Å². The van der Waals surface area contributed by atoms with Crippen LogP contribution in [-0.2, 0) is 11.3 Å². The zero-order valence-corrected chi connectivity index (χ0v) is 15.5. The van der Waals surface area contributed by atoms with Crippen molar-refractivity contribution >= 4 is 11.6 Å². The van der Waals surface area contributed by atoms with Crippen molar-refractivity contribution in [3.63, 3.8) is 0 Å². The monoisotopic (exact) mass is 336 g/mol. The van der Waals surface area contributed by atoms with Crippen molar-refractivity contribution in [2.75, 3.05) is 11.9 Å². The fourth-order valence-electron chi connectivity index (χ4n) is 3.08. The van der Waals surface area contributed by atoms with E-state index >= 15 is 0 Å². The summed E-state index contributed by atoms with van der Waals surface area (Å²) in [6.45, 7) is 7.72. The van der Waals surface area contributed by atoms with Gasteiger partial charge in [0.1, 0.15) is 0 Å². The van der Waals surface area contributed by atoms with Gasteiger partial charge in [0.05, 0.1) is 6.54 Å². The molecule has 0 saturated heterocycles. The topological polar surface area (TPSA) is 32.3 Å². The highest BCUT2D eigenvalue weighted by Crippen LogP contribution is 2.28. The molecule has 1 saturated carbocycles. The summed E-state index contributed by atoms with van der Waals surface area (Å²) in [7, 11) is 0. The van der Waals surface area contributed by atoms with E-state index in [1.165, 1.54) is 24.0 Å². The Labute approximate surface area is 151 Å². The van der Waals surface area contributed by atoms with Gasteiger partial charge in [-0.25, -0.2) is 0 Å². The van der Waals surface area contributed by atoms with Crippen molar-refractivity contribution in [1.29, 1.82) is 0 Å². The first kappa shape index (κ1) is 17.7. The molecule has 1 aliphatic rings. The van der Waals surface area contributed by atoms with Crippen molar-refractivity contribution in [2.45, 2.75) is 52.1 Å². The Morgan fingerprint density at radius 3 is 2.40 bits per heavy atom. The molecular weight excluding hydrogens is 308 g/mol. The molecular formula is C22H28N2O. The van der Waals surface area contributed by atoms with E-state index in [1.54, 1.807) is 0 Å². The number of hydrogen-bond acceptors (Lipinski definition) is 2. The average molecular weight is 336 g/mol. The maximum Gasteiger partial charge on any atom is 0.238 e. The van der Waals surface area contributed by atoms with E-state index in [9.17, 15) is 4.79 Å². The second kappa shape index (κ2) is 7.83. The lowest BCUT2D eigenvalue weighted by molar-refractivity contribution is -0.117. The Kier molecular flexibility index (Phi) is 5.54. The maximum atomic E-state index is 12.5. The number of amides is 1. The second-order valence-electron chi connectivity index (χ2n) is 7.40. The van der Waals surface area contributed by atoms with Gasteiger partial charge in [-0.05, 0) is 48.4 Å². The second-order valence-corrected chi connectivity index (χ2v) is 7.40. The first-order chi connectivity index (χ1) is 12.0. The molecule has 0 unspecified atom stereocenters. The van der Waals surface area contributed by atoms with Gasteiger partial charge in [0, 0.05) is 18.3 Å². The van der Waals surface area contributed by atoms with E-state index < -0.39 is 0 Å². The molecule has 1 N–H and O–H groups in total. The normalized spacial score (nSPS) is 14.1. The summed E-state index contributed by atoms with van der Waals surface area (Å²) in [6, 6.07) is 17.3. The number of carbonyl (C=O) groups is 1. The van der Waals surface area contributed by atoms with Crippen molar-refractivity contribution in [1.82, 2.24) is 4.90 Å². The molecule has 3 nitrogen and oxygen atoms in total. The number of nitrogens with one attached hydrogen (secondary N) is 1. The Morgan fingerprint density at radius 1 is 1.12 bits per heavy atom. The number of rotatable bonds is 7. The van der Waals surface area contributed by atoms with Crippen LogP contribution in [0.2, 0.25) is 0 Å². The summed E-state index contributed by atoms with van der Waals surface area (Å²) in [6.07, 6.45) is 2.39. The van der Waals surface area contributed by atoms with E-state index in [4.69, 9.17) is 0 Å². The molecule has 25 heavy (non-hydrogen) atoms. The van der Waals surface area contributed by atoms with Gasteiger partial charge in [-0.1, -0.05) is 56.3 Å². The molecule has 0 radical (unpaired) electrons. The summed E-state index contributed by atoms with van der Waals surface area (Å²) < 4.78 is 0. The summed E-state index contributed by atoms with van der Waals surface area (Å²) in [5.41, 5.74) is 4.64. The van der Waals surface area contributed by atoms with Crippen molar-refractivity contribution in [3.05, 3.63) is 65.2 Å². The molecule has 1 fully saturated rings. The third kappa shape index (κ3) is 4.93. The highest BCUT2D eigenvalue weighted by molar-refractivity contribution is 5.93. The van der Waals surface area contributed by atoms with Gasteiger partial charge in [0.2, 0.25) is 5.91 Å². The molecule has 1 aliphatic carbocycles. The number of hydrogen-bond donors (Lipinski definition) is 1. The molecule has 2 aromatic rings. The molecule has 2 aromatic carbocycles. The van der Waals surface area contributed by atoms with Crippen LogP contribution in [0.4, 0.5) is 5.69 Å². The predicted molar refractivity (Wildman–Crippen MR) is 104 cm³/mol. The molecule has 0 atom stereocenters. The minimum absolute atomic E-state index is 0.0694. The van der Waals surface area contributed by atoms with E-state index in [-0.39, 0.29) is 5.91 Å². The quantitative estimate of drug-likeness (QED) is 0.793. The largest absolute Gasteiger partial charge is 0.325 e.